The van der Waals surface area contributed by atoms with Gasteiger partial charge < -0.3 is 10.1 Å². The molecule has 0 aromatic heterocycles. The Kier molecular flexibility index (Phi) is 3.97. The lowest BCUT2D eigenvalue weighted by Gasteiger charge is -2.29. The molecular formula is C16H15ClN2O2. The molecule has 0 spiro atoms. The van der Waals surface area contributed by atoms with Crippen LogP contribution in [0.2, 0.25) is 5.02 Å². The Balaban J connectivity index is 1.65. The fourth-order valence-corrected chi connectivity index (χ4v) is 2.43. The molecule has 0 unspecified atom stereocenters. The summed E-state index contributed by atoms with van der Waals surface area (Å²) in [7, 11) is 0. The molecule has 1 aliphatic heterocycles. The topological polar surface area (TPSA) is 41.6 Å². The zero-order chi connectivity index (χ0) is 14.7. The zero-order valence-electron chi connectivity index (χ0n) is 11.4. The van der Waals surface area contributed by atoms with Crippen molar-refractivity contribution in [1.29, 1.82) is 0 Å². The number of benzene rings is 2. The number of nitrogens with zero attached hydrogens (tertiary/aromatic N) is 1. The predicted octanol–water partition coefficient (Wildman–Crippen LogP) is 3.91. The first-order valence-electron chi connectivity index (χ1n) is 6.76. The van der Waals surface area contributed by atoms with Gasteiger partial charge in [-0.1, -0.05) is 29.8 Å². The van der Waals surface area contributed by atoms with Crippen molar-refractivity contribution in [2.45, 2.75) is 6.61 Å². The molecule has 4 nitrogen and oxygen atoms in total. The van der Waals surface area contributed by atoms with Crippen molar-refractivity contribution in [2.75, 3.05) is 23.3 Å². The maximum Gasteiger partial charge on any atom is 0.414 e. The van der Waals surface area contributed by atoms with E-state index in [-0.39, 0.29) is 6.09 Å². The van der Waals surface area contributed by atoms with Gasteiger partial charge in [0.1, 0.15) is 6.61 Å². The molecule has 5 heteroatoms. The SMILES string of the molecule is O=C1OCc2ccccc2N1CCNc1ccc(Cl)cc1. The van der Waals surface area contributed by atoms with Crippen molar-refractivity contribution in [1.82, 2.24) is 0 Å². The molecule has 1 heterocycles. The summed E-state index contributed by atoms with van der Waals surface area (Å²) in [5, 5.41) is 3.97. The Hall–Kier alpha value is -2.20. The van der Waals surface area contributed by atoms with Gasteiger partial charge in [0, 0.05) is 29.4 Å². The first kappa shape index (κ1) is 13.8. The van der Waals surface area contributed by atoms with Crippen LogP contribution in [0.25, 0.3) is 0 Å². The average Bonchev–Trinajstić information content (AvgIpc) is 2.51. The number of cyclic esters (lactones) is 1. The summed E-state index contributed by atoms with van der Waals surface area (Å²) in [5.74, 6) is 0. The maximum absolute atomic E-state index is 11.9. The maximum atomic E-state index is 11.9. The van der Waals surface area contributed by atoms with Gasteiger partial charge in [-0.3, -0.25) is 4.90 Å². The monoisotopic (exact) mass is 302 g/mol. The van der Waals surface area contributed by atoms with Crippen LogP contribution in [-0.2, 0) is 11.3 Å². The first-order chi connectivity index (χ1) is 10.2. The van der Waals surface area contributed by atoms with Gasteiger partial charge in [0.25, 0.3) is 0 Å². The molecule has 2 aromatic carbocycles. The van der Waals surface area contributed by atoms with Gasteiger partial charge in [0.2, 0.25) is 0 Å². The Morgan fingerprint density at radius 2 is 1.90 bits per heavy atom. The standard InChI is InChI=1S/C16H15ClN2O2/c17-13-5-7-14(8-6-13)18-9-10-19-15-4-2-1-3-12(15)11-21-16(19)20/h1-8,18H,9-11H2. The Morgan fingerprint density at radius 3 is 2.71 bits per heavy atom. The molecule has 1 amide bonds. The number of nitrogens with one attached hydrogen (secondary N) is 1. The van der Waals surface area contributed by atoms with E-state index in [1.807, 2.05) is 48.5 Å². The van der Waals surface area contributed by atoms with E-state index in [1.54, 1.807) is 4.90 Å². The van der Waals surface area contributed by atoms with Crippen molar-refractivity contribution < 1.29 is 9.53 Å². The molecule has 0 bridgehead atoms. The number of carbonyl (C=O) groups excluding carboxylic acids is 1. The highest BCUT2D eigenvalue weighted by Crippen LogP contribution is 2.26. The van der Waals surface area contributed by atoms with Crippen molar-refractivity contribution >= 4 is 29.1 Å². The largest absolute Gasteiger partial charge is 0.444 e. The predicted molar refractivity (Wildman–Crippen MR) is 83.9 cm³/mol. The Morgan fingerprint density at radius 1 is 1.14 bits per heavy atom. The van der Waals surface area contributed by atoms with Crippen molar-refractivity contribution in [2.24, 2.45) is 0 Å². The molecule has 0 aliphatic carbocycles. The van der Waals surface area contributed by atoms with Crippen molar-refractivity contribution in [3.05, 3.63) is 59.1 Å². The van der Waals surface area contributed by atoms with E-state index in [1.165, 1.54) is 0 Å². The number of para-hydroxylation sites is 1. The molecule has 3 rings (SSSR count). The van der Waals surface area contributed by atoms with Crippen molar-refractivity contribution in [3.63, 3.8) is 0 Å². The van der Waals surface area contributed by atoms with Gasteiger partial charge in [-0.05, 0) is 30.3 Å². The summed E-state index contributed by atoms with van der Waals surface area (Å²) in [6.45, 7) is 1.51. The first-order valence-corrected chi connectivity index (χ1v) is 7.13. The number of rotatable bonds is 4. The molecular weight excluding hydrogens is 288 g/mol. The van der Waals surface area contributed by atoms with Crippen LogP contribution in [0, 0.1) is 0 Å². The number of halogens is 1. The zero-order valence-corrected chi connectivity index (χ0v) is 12.1. The van der Waals surface area contributed by atoms with Crippen LogP contribution < -0.4 is 10.2 Å². The summed E-state index contributed by atoms with van der Waals surface area (Å²) in [6, 6.07) is 15.3. The summed E-state index contributed by atoms with van der Waals surface area (Å²) >= 11 is 5.85. The number of fused-ring (bicyclic) bond motifs is 1. The molecule has 21 heavy (non-hydrogen) atoms. The second-order valence-corrected chi connectivity index (χ2v) is 5.21. The summed E-state index contributed by atoms with van der Waals surface area (Å²) < 4.78 is 5.18. The van der Waals surface area contributed by atoms with E-state index < -0.39 is 0 Å². The molecule has 0 radical (unpaired) electrons. The van der Waals surface area contributed by atoms with Crippen LogP contribution in [0.15, 0.2) is 48.5 Å². The van der Waals surface area contributed by atoms with Gasteiger partial charge >= 0.3 is 6.09 Å². The molecule has 108 valence electrons. The summed E-state index contributed by atoms with van der Waals surface area (Å²) in [5.41, 5.74) is 2.92. The van der Waals surface area contributed by atoms with Gasteiger partial charge in [-0.2, -0.15) is 0 Å². The van der Waals surface area contributed by atoms with Crippen molar-refractivity contribution in [3.8, 4) is 0 Å². The smallest absolute Gasteiger partial charge is 0.414 e. The molecule has 0 saturated heterocycles. The molecule has 0 fully saturated rings. The lowest BCUT2D eigenvalue weighted by Crippen LogP contribution is -2.38. The van der Waals surface area contributed by atoms with Crippen LogP contribution >= 0.6 is 11.6 Å². The van der Waals surface area contributed by atoms with Crippen LogP contribution in [0.4, 0.5) is 16.2 Å². The lowest BCUT2D eigenvalue weighted by atomic mass is 10.1. The van der Waals surface area contributed by atoms with Gasteiger partial charge in [0.15, 0.2) is 0 Å². The van der Waals surface area contributed by atoms with E-state index in [2.05, 4.69) is 5.32 Å². The molecule has 0 saturated carbocycles. The van der Waals surface area contributed by atoms with Crippen LogP contribution in [-0.4, -0.2) is 19.2 Å². The van der Waals surface area contributed by atoms with Crippen LogP contribution in [0.5, 0.6) is 0 Å². The molecule has 2 aromatic rings. The number of anilines is 2. The Bertz CT molecular complexity index is 643. The van der Waals surface area contributed by atoms with Gasteiger partial charge in [-0.15, -0.1) is 0 Å². The number of amides is 1. The van der Waals surface area contributed by atoms with E-state index in [4.69, 9.17) is 16.3 Å². The number of hydrogen-bond donors (Lipinski definition) is 1. The third kappa shape index (κ3) is 3.11. The number of hydrogen-bond acceptors (Lipinski definition) is 3. The van der Waals surface area contributed by atoms with E-state index in [0.717, 1.165) is 16.9 Å². The normalized spacial score (nSPS) is 13.6. The van der Waals surface area contributed by atoms with Gasteiger partial charge in [0.05, 0.1) is 5.69 Å². The quantitative estimate of drug-likeness (QED) is 0.931. The van der Waals surface area contributed by atoms with E-state index in [0.29, 0.717) is 24.7 Å². The lowest BCUT2D eigenvalue weighted by molar-refractivity contribution is 0.142. The fourth-order valence-electron chi connectivity index (χ4n) is 2.30. The highest BCUT2D eigenvalue weighted by atomic mass is 35.5. The minimum Gasteiger partial charge on any atom is -0.444 e. The average molecular weight is 303 g/mol. The fraction of sp³-hybridized carbons (Fsp3) is 0.188. The summed E-state index contributed by atoms with van der Waals surface area (Å²) in [6.07, 6.45) is -0.299. The second kappa shape index (κ2) is 6.06. The molecule has 1 N–H and O–H groups in total. The molecule has 0 atom stereocenters. The third-order valence-electron chi connectivity index (χ3n) is 3.36. The minimum absolute atomic E-state index is 0.299. The number of ether oxygens (including phenoxy) is 1. The van der Waals surface area contributed by atoms with E-state index in [9.17, 15) is 4.79 Å². The minimum atomic E-state index is -0.299. The highest BCUT2D eigenvalue weighted by Gasteiger charge is 2.24. The van der Waals surface area contributed by atoms with Gasteiger partial charge in [-0.25, -0.2) is 4.79 Å². The van der Waals surface area contributed by atoms with Crippen LogP contribution in [0.1, 0.15) is 5.56 Å². The van der Waals surface area contributed by atoms with E-state index >= 15 is 0 Å². The second-order valence-electron chi connectivity index (χ2n) is 4.77. The van der Waals surface area contributed by atoms with Crippen LogP contribution in [0.3, 0.4) is 0 Å². The summed E-state index contributed by atoms with van der Waals surface area (Å²) in [4.78, 5) is 13.6. The highest BCUT2D eigenvalue weighted by molar-refractivity contribution is 6.30. The Labute approximate surface area is 128 Å². The number of carbonyl (C=O) groups is 1. The molecule has 1 aliphatic rings. The third-order valence-corrected chi connectivity index (χ3v) is 3.61.